The fraction of sp³-hybridized carbons (Fsp3) is 0.130. The van der Waals surface area contributed by atoms with Gasteiger partial charge in [-0.15, -0.1) is 0 Å². The first-order valence-electron chi connectivity index (χ1n) is 9.03. The number of hydrogen-bond acceptors (Lipinski definition) is 6. The summed E-state index contributed by atoms with van der Waals surface area (Å²) in [5, 5.41) is 0. The maximum atomic E-state index is 6.17. The number of methoxy groups -OCH3 is 3. The first-order valence-corrected chi connectivity index (χ1v) is 9.03. The van der Waals surface area contributed by atoms with Crippen molar-refractivity contribution in [1.29, 1.82) is 0 Å². The maximum absolute atomic E-state index is 6.17. The summed E-state index contributed by atoms with van der Waals surface area (Å²) in [5.41, 5.74) is 3.10. The van der Waals surface area contributed by atoms with Crippen molar-refractivity contribution in [3.05, 3.63) is 66.7 Å². The molecule has 0 atom stereocenters. The van der Waals surface area contributed by atoms with Crippen LogP contribution in [0.25, 0.3) is 22.3 Å². The summed E-state index contributed by atoms with van der Waals surface area (Å²) in [6.07, 6.45) is 0. The molecule has 6 heteroatoms. The molecule has 3 aromatic carbocycles. The van der Waals surface area contributed by atoms with Crippen molar-refractivity contribution in [2.24, 2.45) is 0 Å². The van der Waals surface area contributed by atoms with Gasteiger partial charge in [0.2, 0.25) is 11.6 Å². The Labute approximate surface area is 168 Å². The second-order valence-electron chi connectivity index (χ2n) is 6.20. The van der Waals surface area contributed by atoms with E-state index in [0.717, 1.165) is 16.6 Å². The molecule has 4 aromatic rings. The van der Waals surface area contributed by atoms with Crippen molar-refractivity contribution in [2.45, 2.75) is 0 Å². The Morgan fingerprint density at radius 2 is 1.24 bits per heavy atom. The lowest BCUT2D eigenvalue weighted by molar-refractivity contribution is 0.320. The molecule has 0 unspecified atom stereocenters. The minimum absolute atomic E-state index is 0.393. The van der Waals surface area contributed by atoms with Crippen LogP contribution in [-0.4, -0.2) is 31.3 Å². The zero-order valence-corrected chi connectivity index (χ0v) is 16.4. The molecule has 0 aliphatic carbocycles. The van der Waals surface area contributed by atoms with Gasteiger partial charge in [-0.3, -0.25) is 0 Å². The molecule has 1 aromatic heterocycles. The van der Waals surface area contributed by atoms with E-state index in [4.69, 9.17) is 28.9 Å². The van der Waals surface area contributed by atoms with Crippen molar-refractivity contribution in [3.63, 3.8) is 0 Å². The number of hydrogen-bond donors (Lipinski definition) is 0. The summed E-state index contributed by atoms with van der Waals surface area (Å²) in [7, 11) is 4.68. The van der Waals surface area contributed by atoms with Crippen molar-refractivity contribution >= 4 is 11.0 Å². The topological polar surface area (TPSA) is 62.7 Å². The zero-order valence-electron chi connectivity index (χ0n) is 16.4. The van der Waals surface area contributed by atoms with Crippen molar-refractivity contribution in [2.75, 3.05) is 21.3 Å². The van der Waals surface area contributed by atoms with Gasteiger partial charge < -0.3 is 18.9 Å². The fourth-order valence-corrected chi connectivity index (χ4v) is 3.07. The lowest BCUT2D eigenvalue weighted by atomic mass is 10.1. The minimum atomic E-state index is 0.393. The Balaban J connectivity index is 1.86. The Bertz CT molecular complexity index is 1120. The van der Waals surface area contributed by atoms with Gasteiger partial charge in [0.05, 0.1) is 32.4 Å². The highest BCUT2D eigenvalue weighted by Crippen LogP contribution is 2.42. The molecule has 1 heterocycles. The number of benzene rings is 3. The standard InChI is InChI=1S/C23H20N2O4/c1-26-19-13-16(14-20(27-2)22(19)28-3)29-23-21(15-9-5-4-6-10-15)24-17-11-7-8-12-18(17)25-23/h4-14H,1-3H3. The lowest BCUT2D eigenvalue weighted by Crippen LogP contribution is -1.99. The van der Waals surface area contributed by atoms with Crippen LogP contribution < -0.4 is 18.9 Å². The van der Waals surface area contributed by atoms with E-state index in [2.05, 4.69) is 0 Å². The van der Waals surface area contributed by atoms with Crippen LogP contribution in [0.2, 0.25) is 0 Å². The predicted octanol–water partition coefficient (Wildman–Crippen LogP) is 5.11. The van der Waals surface area contributed by atoms with E-state index in [-0.39, 0.29) is 0 Å². The molecule has 0 saturated heterocycles. The molecule has 0 aliphatic heterocycles. The third-order valence-electron chi connectivity index (χ3n) is 4.44. The molecule has 0 fully saturated rings. The van der Waals surface area contributed by atoms with E-state index < -0.39 is 0 Å². The summed E-state index contributed by atoms with van der Waals surface area (Å²) >= 11 is 0. The summed E-state index contributed by atoms with van der Waals surface area (Å²) < 4.78 is 22.4. The van der Waals surface area contributed by atoms with Crippen molar-refractivity contribution in [1.82, 2.24) is 9.97 Å². The fourth-order valence-electron chi connectivity index (χ4n) is 3.07. The number of fused-ring (bicyclic) bond motifs is 1. The minimum Gasteiger partial charge on any atom is -0.493 e. The van der Waals surface area contributed by atoms with E-state index in [1.807, 2.05) is 54.6 Å². The zero-order chi connectivity index (χ0) is 20.2. The van der Waals surface area contributed by atoms with Gasteiger partial charge in [-0.2, -0.15) is 0 Å². The molecule has 0 saturated carbocycles. The number of aromatic nitrogens is 2. The number of nitrogens with zero attached hydrogens (tertiary/aromatic N) is 2. The monoisotopic (exact) mass is 388 g/mol. The molecule has 0 aliphatic rings. The van der Waals surface area contributed by atoms with Crippen LogP contribution in [0, 0.1) is 0 Å². The van der Waals surface area contributed by atoms with E-state index >= 15 is 0 Å². The summed E-state index contributed by atoms with van der Waals surface area (Å²) in [4.78, 5) is 9.49. The van der Waals surface area contributed by atoms with Crippen LogP contribution in [0.3, 0.4) is 0 Å². The molecule has 0 bridgehead atoms. The van der Waals surface area contributed by atoms with Crippen LogP contribution in [0.5, 0.6) is 28.9 Å². The SMILES string of the molecule is COc1cc(Oc2nc3ccccc3nc2-c2ccccc2)cc(OC)c1OC. The van der Waals surface area contributed by atoms with Gasteiger partial charge in [0, 0.05) is 17.7 Å². The highest BCUT2D eigenvalue weighted by atomic mass is 16.5. The van der Waals surface area contributed by atoms with E-state index in [1.165, 1.54) is 0 Å². The average molecular weight is 388 g/mol. The van der Waals surface area contributed by atoms with Gasteiger partial charge in [0.15, 0.2) is 11.5 Å². The molecule has 146 valence electrons. The molecule has 0 N–H and O–H groups in total. The normalized spacial score (nSPS) is 10.6. The smallest absolute Gasteiger partial charge is 0.246 e. The van der Waals surface area contributed by atoms with Crippen LogP contribution in [0.15, 0.2) is 66.7 Å². The van der Waals surface area contributed by atoms with Gasteiger partial charge >= 0.3 is 0 Å². The number of ether oxygens (including phenoxy) is 4. The summed E-state index contributed by atoms with van der Waals surface area (Å²) in [6.45, 7) is 0. The molecule has 0 amide bonds. The Morgan fingerprint density at radius 1 is 0.655 bits per heavy atom. The molecule has 0 spiro atoms. The average Bonchev–Trinajstić information content (AvgIpc) is 2.78. The Kier molecular flexibility index (Phi) is 5.16. The van der Waals surface area contributed by atoms with Crippen LogP contribution >= 0.6 is 0 Å². The predicted molar refractivity (Wildman–Crippen MR) is 111 cm³/mol. The van der Waals surface area contributed by atoms with Gasteiger partial charge in [0.1, 0.15) is 11.4 Å². The molecular formula is C23H20N2O4. The number of para-hydroxylation sites is 2. The van der Waals surface area contributed by atoms with Crippen molar-refractivity contribution < 1.29 is 18.9 Å². The summed E-state index contributed by atoms with van der Waals surface area (Å²) in [6, 6.07) is 21.0. The Morgan fingerprint density at radius 3 is 1.83 bits per heavy atom. The largest absolute Gasteiger partial charge is 0.493 e. The van der Waals surface area contributed by atoms with E-state index in [1.54, 1.807) is 33.5 Å². The third-order valence-corrected chi connectivity index (χ3v) is 4.44. The van der Waals surface area contributed by atoms with Crippen LogP contribution in [-0.2, 0) is 0 Å². The first kappa shape index (κ1) is 18.6. The maximum Gasteiger partial charge on any atom is 0.246 e. The summed E-state index contributed by atoms with van der Waals surface area (Å²) in [5.74, 6) is 2.38. The van der Waals surface area contributed by atoms with Crippen LogP contribution in [0.1, 0.15) is 0 Å². The molecule has 0 radical (unpaired) electrons. The van der Waals surface area contributed by atoms with Crippen molar-refractivity contribution in [3.8, 4) is 40.1 Å². The van der Waals surface area contributed by atoms with E-state index in [0.29, 0.717) is 34.6 Å². The van der Waals surface area contributed by atoms with Crippen LogP contribution in [0.4, 0.5) is 0 Å². The van der Waals surface area contributed by atoms with Gasteiger partial charge in [-0.1, -0.05) is 42.5 Å². The second kappa shape index (κ2) is 8.06. The molecule has 6 nitrogen and oxygen atoms in total. The first-order chi connectivity index (χ1) is 14.2. The number of rotatable bonds is 6. The quantitative estimate of drug-likeness (QED) is 0.457. The molecule has 29 heavy (non-hydrogen) atoms. The molecule has 4 rings (SSSR count). The highest BCUT2D eigenvalue weighted by molar-refractivity contribution is 5.79. The van der Waals surface area contributed by atoms with Gasteiger partial charge in [0.25, 0.3) is 0 Å². The third kappa shape index (κ3) is 3.65. The Hall–Kier alpha value is -3.80. The second-order valence-corrected chi connectivity index (χ2v) is 6.20. The van der Waals surface area contributed by atoms with Gasteiger partial charge in [-0.05, 0) is 12.1 Å². The van der Waals surface area contributed by atoms with Gasteiger partial charge in [-0.25, -0.2) is 9.97 Å². The lowest BCUT2D eigenvalue weighted by Gasteiger charge is -2.15. The van der Waals surface area contributed by atoms with E-state index in [9.17, 15) is 0 Å². The highest BCUT2D eigenvalue weighted by Gasteiger charge is 2.18. The molecular weight excluding hydrogens is 368 g/mol.